The van der Waals surface area contributed by atoms with Gasteiger partial charge in [0, 0.05) is 23.8 Å². The lowest BCUT2D eigenvalue weighted by molar-refractivity contribution is -0.166. The molecule has 180 valence electrons. The fourth-order valence-electron chi connectivity index (χ4n) is 4.57. The Labute approximate surface area is 194 Å². The Morgan fingerprint density at radius 2 is 1.94 bits per heavy atom. The highest BCUT2D eigenvalue weighted by Gasteiger charge is 2.44. The summed E-state index contributed by atoms with van der Waals surface area (Å²) in [5.74, 6) is -0.561. The van der Waals surface area contributed by atoms with E-state index in [9.17, 15) is 22.8 Å². The first-order chi connectivity index (χ1) is 16.2. The van der Waals surface area contributed by atoms with Crippen LogP contribution in [-0.2, 0) is 16.0 Å². The molecule has 0 aliphatic carbocycles. The van der Waals surface area contributed by atoms with Gasteiger partial charge in [0.05, 0.1) is 13.4 Å². The Balaban J connectivity index is 1.52. The molecule has 1 aromatic heterocycles. The van der Waals surface area contributed by atoms with Gasteiger partial charge in [0.1, 0.15) is 11.5 Å². The van der Waals surface area contributed by atoms with Crippen LogP contribution in [0.5, 0.6) is 5.75 Å². The number of carbonyl (C=O) groups is 2. The van der Waals surface area contributed by atoms with Gasteiger partial charge in [-0.3, -0.25) is 9.59 Å². The number of methoxy groups -OCH3 is 1. The summed E-state index contributed by atoms with van der Waals surface area (Å²) in [4.78, 5) is 24.7. The van der Waals surface area contributed by atoms with Crippen molar-refractivity contribution in [3.63, 3.8) is 0 Å². The number of hydrogen-bond donors (Lipinski definition) is 2. The first-order valence-corrected chi connectivity index (χ1v) is 11.0. The summed E-state index contributed by atoms with van der Waals surface area (Å²) in [7, 11) is 1.59. The highest BCUT2D eigenvalue weighted by molar-refractivity contribution is 5.91. The monoisotopic (exact) mass is 474 g/mol. The first-order valence-electron chi connectivity index (χ1n) is 11.0. The maximum Gasteiger partial charge on any atom is 0.415 e. The number of fused-ring (bicyclic) bond motifs is 1. The van der Waals surface area contributed by atoms with Crippen molar-refractivity contribution in [2.75, 3.05) is 7.11 Å². The number of rotatable bonds is 8. The summed E-state index contributed by atoms with van der Waals surface area (Å²) in [5, 5.41) is 6.90. The van der Waals surface area contributed by atoms with E-state index < -0.39 is 23.7 Å². The fourth-order valence-corrected chi connectivity index (χ4v) is 4.57. The van der Waals surface area contributed by atoms with Gasteiger partial charge in [-0.05, 0) is 48.4 Å². The molecule has 0 bridgehead atoms. The summed E-state index contributed by atoms with van der Waals surface area (Å²) in [6.07, 6.45) is -2.32. The largest absolute Gasteiger partial charge is 0.496 e. The quantitative estimate of drug-likeness (QED) is 0.490. The van der Waals surface area contributed by atoms with E-state index in [0.29, 0.717) is 19.3 Å². The molecular formula is C25H25F3N2O4. The van der Waals surface area contributed by atoms with Gasteiger partial charge >= 0.3 is 6.18 Å². The number of benzene rings is 2. The third-order valence-corrected chi connectivity index (χ3v) is 6.25. The molecule has 1 saturated heterocycles. The predicted molar refractivity (Wildman–Crippen MR) is 119 cm³/mol. The van der Waals surface area contributed by atoms with Crippen LogP contribution in [0.2, 0.25) is 0 Å². The molecule has 2 aromatic carbocycles. The van der Waals surface area contributed by atoms with Crippen LogP contribution >= 0.6 is 0 Å². The van der Waals surface area contributed by atoms with Crippen molar-refractivity contribution in [3.05, 3.63) is 66.1 Å². The first kappa shape index (κ1) is 23.7. The Hall–Kier alpha value is -3.49. The highest BCUT2D eigenvalue weighted by atomic mass is 19.4. The SMILES string of the molecule is COc1ccc(C[C@]2(CCC(=O)N[C@H](c3ccco3)C(F)(F)F)CCC(=O)N2)c2ccccc12. The van der Waals surface area contributed by atoms with Crippen molar-refractivity contribution in [1.29, 1.82) is 0 Å². The van der Waals surface area contributed by atoms with Crippen LogP contribution in [0.15, 0.2) is 59.2 Å². The lowest BCUT2D eigenvalue weighted by atomic mass is 9.83. The number of carbonyl (C=O) groups excluding carboxylic acids is 2. The van der Waals surface area contributed by atoms with Crippen LogP contribution in [0.1, 0.15) is 43.0 Å². The number of nitrogens with one attached hydrogen (secondary N) is 2. The topological polar surface area (TPSA) is 80.6 Å². The second kappa shape index (κ2) is 9.40. The minimum Gasteiger partial charge on any atom is -0.496 e. The summed E-state index contributed by atoms with van der Waals surface area (Å²) < 4.78 is 50.7. The molecule has 1 aliphatic rings. The second-order valence-electron chi connectivity index (χ2n) is 8.54. The molecule has 2 amide bonds. The summed E-state index contributed by atoms with van der Waals surface area (Å²) in [5.41, 5.74) is 0.229. The van der Waals surface area contributed by atoms with Crippen LogP contribution < -0.4 is 15.4 Å². The summed E-state index contributed by atoms with van der Waals surface area (Å²) in [6, 6.07) is 11.8. The van der Waals surface area contributed by atoms with Gasteiger partial charge in [0.25, 0.3) is 0 Å². The predicted octanol–water partition coefficient (Wildman–Crippen LogP) is 4.83. The Kier molecular flexibility index (Phi) is 6.54. The van der Waals surface area contributed by atoms with Crippen LogP contribution in [0.25, 0.3) is 10.8 Å². The number of amides is 2. The smallest absolute Gasteiger partial charge is 0.415 e. The third-order valence-electron chi connectivity index (χ3n) is 6.25. The zero-order valence-corrected chi connectivity index (χ0v) is 18.6. The molecule has 0 saturated carbocycles. The van der Waals surface area contributed by atoms with Gasteiger partial charge in [-0.1, -0.05) is 30.3 Å². The number of furan rings is 1. The van der Waals surface area contributed by atoms with Crippen LogP contribution in [0.3, 0.4) is 0 Å². The van der Waals surface area contributed by atoms with Gasteiger partial charge in [-0.2, -0.15) is 13.2 Å². The minimum atomic E-state index is -4.70. The average Bonchev–Trinajstić information content (AvgIpc) is 3.46. The van der Waals surface area contributed by atoms with Crippen LogP contribution in [0.4, 0.5) is 13.2 Å². The molecule has 3 aromatic rings. The van der Waals surface area contributed by atoms with E-state index >= 15 is 0 Å². The van der Waals surface area contributed by atoms with Crippen molar-refractivity contribution in [1.82, 2.24) is 10.6 Å². The van der Waals surface area contributed by atoms with Crippen LogP contribution in [0, 0.1) is 0 Å². The molecule has 2 atom stereocenters. The maximum absolute atomic E-state index is 13.5. The van der Waals surface area contributed by atoms with Gasteiger partial charge < -0.3 is 19.8 Å². The molecule has 6 nitrogen and oxygen atoms in total. The Bertz CT molecular complexity index is 1180. The van der Waals surface area contributed by atoms with Crippen LogP contribution in [-0.4, -0.2) is 30.6 Å². The van der Waals surface area contributed by atoms with Crippen molar-refractivity contribution >= 4 is 22.6 Å². The van der Waals surface area contributed by atoms with E-state index in [1.165, 1.54) is 12.1 Å². The lowest BCUT2D eigenvalue weighted by Gasteiger charge is -2.30. The fraction of sp³-hybridized carbons (Fsp3) is 0.360. The average molecular weight is 474 g/mol. The summed E-state index contributed by atoms with van der Waals surface area (Å²) in [6.45, 7) is 0. The summed E-state index contributed by atoms with van der Waals surface area (Å²) >= 11 is 0. The van der Waals surface area contributed by atoms with E-state index in [1.54, 1.807) is 7.11 Å². The second-order valence-corrected chi connectivity index (χ2v) is 8.54. The van der Waals surface area contributed by atoms with Gasteiger partial charge in [0.2, 0.25) is 11.8 Å². The molecule has 0 spiro atoms. The molecule has 2 N–H and O–H groups in total. The third kappa shape index (κ3) is 5.03. The van der Waals surface area contributed by atoms with E-state index in [1.807, 2.05) is 41.7 Å². The van der Waals surface area contributed by atoms with E-state index in [2.05, 4.69) is 5.32 Å². The zero-order valence-electron chi connectivity index (χ0n) is 18.6. The highest BCUT2D eigenvalue weighted by Crippen LogP contribution is 2.36. The standard InChI is InChI=1S/C25H25F3N2O4/c1-33-19-9-8-16(17-5-2-3-6-18(17)19)15-24(13-11-22(32)30-24)12-10-21(31)29-23(25(26,27)28)20-7-4-14-34-20/h2-9,14,23H,10-13,15H2,1H3,(H,29,31)(H,30,32)/t23-,24+/m1/s1. The molecule has 0 unspecified atom stereocenters. The van der Waals surface area contributed by atoms with Crippen molar-refractivity contribution in [2.45, 2.75) is 49.9 Å². The van der Waals surface area contributed by atoms with Crippen molar-refractivity contribution in [2.24, 2.45) is 0 Å². The molecule has 9 heteroatoms. The van der Waals surface area contributed by atoms with E-state index in [0.717, 1.165) is 28.3 Å². The zero-order chi connectivity index (χ0) is 24.3. The molecule has 0 radical (unpaired) electrons. The molecule has 1 aliphatic heterocycles. The number of alkyl halides is 3. The van der Waals surface area contributed by atoms with Gasteiger partial charge in [0.15, 0.2) is 6.04 Å². The Morgan fingerprint density at radius 1 is 1.18 bits per heavy atom. The Morgan fingerprint density at radius 3 is 2.56 bits per heavy atom. The number of ether oxygens (including phenoxy) is 1. The van der Waals surface area contributed by atoms with Gasteiger partial charge in [-0.15, -0.1) is 0 Å². The number of hydrogen-bond acceptors (Lipinski definition) is 4. The molecule has 1 fully saturated rings. The minimum absolute atomic E-state index is 0.137. The maximum atomic E-state index is 13.5. The van der Waals surface area contributed by atoms with Crippen molar-refractivity contribution < 1.29 is 31.9 Å². The molecular weight excluding hydrogens is 449 g/mol. The van der Waals surface area contributed by atoms with Gasteiger partial charge in [-0.25, -0.2) is 0 Å². The molecule has 4 rings (SSSR count). The molecule has 34 heavy (non-hydrogen) atoms. The van der Waals surface area contributed by atoms with E-state index in [4.69, 9.17) is 9.15 Å². The molecule has 2 heterocycles. The van der Waals surface area contributed by atoms with E-state index in [-0.39, 0.29) is 24.5 Å². The normalized spacial score (nSPS) is 19.1. The van der Waals surface area contributed by atoms with Crippen molar-refractivity contribution in [3.8, 4) is 5.75 Å². The number of halogens is 3. The lowest BCUT2D eigenvalue weighted by Crippen LogP contribution is -2.45.